The van der Waals surface area contributed by atoms with E-state index in [0.29, 0.717) is 11.6 Å². The zero-order chi connectivity index (χ0) is 24.3. The number of carbonyl (C=O) groups excluding carboxylic acids is 1. The molecule has 9 heteroatoms. The summed E-state index contributed by atoms with van der Waals surface area (Å²) in [5.41, 5.74) is 4.26. The summed E-state index contributed by atoms with van der Waals surface area (Å²) >= 11 is 5.97. The Morgan fingerprint density at radius 3 is 2.27 bits per heavy atom. The lowest BCUT2D eigenvalue weighted by molar-refractivity contribution is -0.120. The van der Waals surface area contributed by atoms with Crippen LogP contribution < -0.4 is 5.32 Å². The molecule has 1 N–H and O–H groups in total. The molecule has 0 aliphatic heterocycles. The Balaban J connectivity index is 1.65. The van der Waals surface area contributed by atoms with Crippen molar-refractivity contribution >= 4 is 27.5 Å². The van der Waals surface area contributed by atoms with Crippen molar-refractivity contribution in [3.05, 3.63) is 76.1 Å². The van der Waals surface area contributed by atoms with Crippen LogP contribution in [-0.2, 0) is 27.8 Å². The SMILES string of the molecule is Cc1nn(-c2ccc(Cl)cc2)c(C)c1CC(=O)NCc1ccc(S(=O)(=O)N(C)C(C)C)cc1. The van der Waals surface area contributed by atoms with Crippen molar-refractivity contribution in [2.24, 2.45) is 0 Å². The maximum atomic E-state index is 12.6. The maximum Gasteiger partial charge on any atom is 0.243 e. The summed E-state index contributed by atoms with van der Waals surface area (Å²) in [5, 5.41) is 8.13. The molecule has 0 saturated carbocycles. The van der Waals surface area contributed by atoms with Crippen LogP contribution in [0.25, 0.3) is 5.69 Å². The molecule has 2 aromatic carbocycles. The molecule has 33 heavy (non-hydrogen) atoms. The molecule has 1 heterocycles. The van der Waals surface area contributed by atoms with Crippen molar-refractivity contribution in [1.29, 1.82) is 0 Å². The summed E-state index contributed by atoms with van der Waals surface area (Å²) in [5.74, 6) is -0.131. The fourth-order valence-corrected chi connectivity index (χ4v) is 4.90. The summed E-state index contributed by atoms with van der Waals surface area (Å²) in [4.78, 5) is 12.8. The number of rotatable bonds is 8. The van der Waals surface area contributed by atoms with Crippen molar-refractivity contribution in [1.82, 2.24) is 19.4 Å². The second-order valence-corrected chi connectivity index (χ2v) is 10.7. The van der Waals surface area contributed by atoms with Crippen LogP contribution in [0.1, 0.15) is 36.4 Å². The Kier molecular flexibility index (Phi) is 7.62. The molecule has 0 aliphatic carbocycles. The number of carbonyl (C=O) groups is 1. The Morgan fingerprint density at radius 1 is 1.09 bits per heavy atom. The second kappa shape index (κ2) is 10.1. The van der Waals surface area contributed by atoms with E-state index in [-0.39, 0.29) is 23.3 Å². The predicted octanol–water partition coefficient (Wildman–Crippen LogP) is 4.03. The molecular formula is C24H29ClN4O3S. The van der Waals surface area contributed by atoms with Crippen LogP contribution in [0, 0.1) is 13.8 Å². The largest absolute Gasteiger partial charge is 0.352 e. The van der Waals surface area contributed by atoms with E-state index < -0.39 is 10.0 Å². The molecule has 0 bridgehead atoms. The minimum atomic E-state index is -3.53. The first-order chi connectivity index (χ1) is 15.5. The average Bonchev–Trinajstić information content (AvgIpc) is 3.06. The third-order valence-corrected chi connectivity index (χ3v) is 7.97. The van der Waals surface area contributed by atoms with Crippen molar-refractivity contribution in [2.45, 2.75) is 51.6 Å². The molecule has 1 amide bonds. The summed E-state index contributed by atoms with van der Waals surface area (Å²) in [6.45, 7) is 7.77. The van der Waals surface area contributed by atoms with Gasteiger partial charge >= 0.3 is 0 Å². The van der Waals surface area contributed by atoms with E-state index in [1.807, 2.05) is 44.5 Å². The van der Waals surface area contributed by atoms with Gasteiger partial charge in [-0.15, -0.1) is 0 Å². The number of sulfonamides is 1. The lowest BCUT2D eigenvalue weighted by atomic mass is 10.1. The van der Waals surface area contributed by atoms with E-state index in [9.17, 15) is 13.2 Å². The zero-order valence-electron chi connectivity index (χ0n) is 19.5. The van der Waals surface area contributed by atoms with E-state index in [2.05, 4.69) is 10.4 Å². The van der Waals surface area contributed by atoms with Gasteiger partial charge in [-0.25, -0.2) is 13.1 Å². The lowest BCUT2D eigenvalue weighted by Crippen LogP contribution is -2.33. The van der Waals surface area contributed by atoms with Gasteiger partial charge in [0.25, 0.3) is 0 Å². The highest BCUT2D eigenvalue weighted by molar-refractivity contribution is 7.89. The highest BCUT2D eigenvalue weighted by Gasteiger charge is 2.23. The Morgan fingerprint density at radius 2 is 1.70 bits per heavy atom. The average molecular weight is 489 g/mol. The molecule has 3 rings (SSSR count). The molecule has 0 atom stereocenters. The van der Waals surface area contributed by atoms with Gasteiger partial charge in [-0.1, -0.05) is 23.7 Å². The highest BCUT2D eigenvalue weighted by Crippen LogP contribution is 2.20. The number of nitrogens with zero attached hydrogens (tertiary/aromatic N) is 3. The number of nitrogens with one attached hydrogen (secondary N) is 1. The number of aryl methyl sites for hydroxylation is 1. The Bertz CT molecular complexity index is 1230. The highest BCUT2D eigenvalue weighted by atomic mass is 35.5. The van der Waals surface area contributed by atoms with E-state index in [1.165, 1.54) is 4.31 Å². The van der Waals surface area contributed by atoms with Crippen LogP contribution in [0.2, 0.25) is 5.02 Å². The van der Waals surface area contributed by atoms with E-state index >= 15 is 0 Å². The molecule has 0 aliphatic rings. The number of benzene rings is 2. The minimum Gasteiger partial charge on any atom is -0.352 e. The number of amides is 1. The molecule has 0 radical (unpaired) electrons. The third-order valence-electron chi connectivity index (χ3n) is 5.67. The standard InChI is InChI=1S/C24H29ClN4O3S/c1-16(2)28(5)33(31,32)22-12-6-19(7-13-22)15-26-24(30)14-23-17(3)27-29(18(23)4)21-10-8-20(25)9-11-21/h6-13,16H,14-15H2,1-5H3,(H,26,30). The van der Waals surface area contributed by atoms with Crippen LogP contribution in [0.4, 0.5) is 0 Å². The Hall–Kier alpha value is -2.68. The molecule has 1 aromatic heterocycles. The monoisotopic (exact) mass is 488 g/mol. The fraction of sp³-hybridized carbons (Fsp3) is 0.333. The number of halogens is 1. The van der Waals surface area contributed by atoms with Gasteiger partial charge in [-0.05, 0) is 69.7 Å². The van der Waals surface area contributed by atoms with E-state index in [1.54, 1.807) is 43.4 Å². The summed E-state index contributed by atoms with van der Waals surface area (Å²) in [6, 6.07) is 13.8. The van der Waals surface area contributed by atoms with Gasteiger partial charge in [0.2, 0.25) is 15.9 Å². The quantitative estimate of drug-likeness (QED) is 0.518. The fourth-order valence-electron chi connectivity index (χ4n) is 3.41. The predicted molar refractivity (Wildman–Crippen MR) is 130 cm³/mol. The summed E-state index contributed by atoms with van der Waals surface area (Å²) in [7, 11) is -1.97. The van der Waals surface area contributed by atoms with Gasteiger partial charge in [0.05, 0.1) is 22.7 Å². The molecule has 0 saturated heterocycles. The number of aromatic nitrogens is 2. The summed E-state index contributed by atoms with van der Waals surface area (Å²) in [6.07, 6.45) is 0.205. The molecule has 7 nitrogen and oxygen atoms in total. The first kappa shape index (κ1) is 25.0. The lowest BCUT2D eigenvalue weighted by Gasteiger charge is -2.21. The molecule has 0 fully saturated rings. The van der Waals surface area contributed by atoms with E-state index in [0.717, 1.165) is 28.2 Å². The van der Waals surface area contributed by atoms with Gasteiger partial charge in [0.15, 0.2) is 0 Å². The zero-order valence-corrected chi connectivity index (χ0v) is 21.0. The Labute approximate surface area is 200 Å². The number of hydrogen-bond donors (Lipinski definition) is 1. The van der Waals surface area contributed by atoms with Crippen LogP contribution in [0.5, 0.6) is 0 Å². The van der Waals surface area contributed by atoms with Gasteiger partial charge < -0.3 is 5.32 Å². The van der Waals surface area contributed by atoms with Crippen molar-refractivity contribution in [3.63, 3.8) is 0 Å². The maximum absolute atomic E-state index is 12.6. The van der Waals surface area contributed by atoms with Crippen LogP contribution in [0.3, 0.4) is 0 Å². The van der Waals surface area contributed by atoms with Crippen LogP contribution in [0.15, 0.2) is 53.4 Å². The molecule has 0 spiro atoms. The van der Waals surface area contributed by atoms with Crippen LogP contribution >= 0.6 is 11.6 Å². The normalized spacial score (nSPS) is 11.9. The first-order valence-electron chi connectivity index (χ1n) is 10.7. The number of hydrogen-bond acceptors (Lipinski definition) is 4. The van der Waals surface area contributed by atoms with E-state index in [4.69, 9.17) is 11.6 Å². The smallest absolute Gasteiger partial charge is 0.243 e. The van der Waals surface area contributed by atoms with Gasteiger partial charge in [-0.3, -0.25) is 4.79 Å². The molecule has 176 valence electrons. The second-order valence-electron chi connectivity index (χ2n) is 8.25. The van der Waals surface area contributed by atoms with Crippen molar-refractivity contribution in [3.8, 4) is 5.69 Å². The van der Waals surface area contributed by atoms with Gasteiger partial charge in [0, 0.05) is 35.9 Å². The topological polar surface area (TPSA) is 84.3 Å². The third kappa shape index (κ3) is 5.63. The minimum absolute atomic E-state index is 0.131. The molecule has 0 unspecified atom stereocenters. The molecular weight excluding hydrogens is 460 g/mol. The first-order valence-corrected chi connectivity index (χ1v) is 12.5. The van der Waals surface area contributed by atoms with Gasteiger partial charge in [-0.2, -0.15) is 9.40 Å². The van der Waals surface area contributed by atoms with Gasteiger partial charge in [0.1, 0.15) is 0 Å². The molecule has 3 aromatic rings. The summed E-state index contributed by atoms with van der Waals surface area (Å²) < 4.78 is 28.3. The van der Waals surface area contributed by atoms with Crippen molar-refractivity contribution in [2.75, 3.05) is 7.05 Å². The van der Waals surface area contributed by atoms with Crippen LogP contribution in [-0.4, -0.2) is 41.5 Å². The van der Waals surface area contributed by atoms with Crippen molar-refractivity contribution < 1.29 is 13.2 Å².